The molecule has 2 aromatic heterocycles. The molecule has 23 heavy (non-hydrogen) atoms. The Kier molecular flexibility index (Phi) is 4.10. The zero-order chi connectivity index (χ0) is 15.6. The first kappa shape index (κ1) is 14.8. The third kappa shape index (κ3) is 3.01. The fraction of sp³-hybridized carbons (Fsp3) is 0.389. The number of nitrogens with one attached hydrogen (secondary N) is 1. The molecule has 2 aromatic rings. The van der Waals surface area contributed by atoms with Crippen LogP contribution in [0.1, 0.15) is 18.4 Å². The molecular formula is C18H20ClN3O. The van der Waals surface area contributed by atoms with Gasteiger partial charge in [0.15, 0.2) is 0 Å². The number of aromatic amines is 1. The Hall–Kier alpha value is -1.78. The Bertz CT molecular complexity index is 758. The number of nitrogens with zero attached hydrogens (tertiary/aromatic N) is 2. The number of ether oxygens (including phenoxy) is 1. The van der Waals surface area contributed by atoms with Crippen LogP contribution in [0.4, 0.5) is 0 Å². The summed E-state index contributed by atoms with van der Waals surface area (Å²) in [5.41, 5.74) is 3.24. The average Bonchev–Trinajstić information content (AvgIpc) is 3.02. The van der Waals surface area contributed by atoms with Crippen LogP contribution in [0.2, 0.25) is 0 Å². The number of hydrogen-bond acceptors (Lipinski definition) is 3. The molecule has 1 fully saturated rings. The molecular weight excluding hydrogens is 310 g/mol. The van der Waals surface area contributed by atoms with Gasteiger partial charge < -0.3 is 14.6 Å². The van der Waals surface area contributed by atoms with Crippen molar-refractivity contribution in [2.24, 2.45) is 5.92 Å². The Morgan fingerprint density at radius 3 is 3.04 bits per heavy atom. The van der Waals surface area contributed by atoms with Crippen molar-refractivity contribution in [3.05, 3.63) is 47.4 Å². The van der Waals surface area contributed by atoms with Gasteiger partial charge in [-0.2, -0.15) is 0 Å². The first-order chi connectivity index (χ1) is 11.3. The van der Waals surface area contributed by atoms with Crippen molar-refractivity contribution in [1.82, 2.24) is 14.9 Å². The van der Waals surface area contributed by atoms with Crippen LogP contribution in [-0.2, 0) is 4.74 Å². The minimum Gasteiger partial charge on any atom is -0.381 e. The highest BCUT2D eigenvalue weighted by molar-refractivity contribution is 6.30. The van der Waals surface area contributed by atoms with Crippen LogP contribution in [0.3, 0.4) is 0 Å². The molecule has 4 rings (SSSR count). The molecule has 1 saturated heterocycles. The molecule has 0 bridgehead atoms. The fourth-order valence-corrected chi connectivity index (χ4v) is 3.61. The smallest absolute Gasteiger partial charge is 0.137 e. The highest BCUT2D eigenvalue weighted by Crippen LogP contribution is 2.31. The molecule has 2 aliphatic heterocycles. The maximum atomic E-state index is 6.55. The zero-order valence-electron chi connectivity index (χ0n) is 13.0. The monoisotopic (exact) mass is 329 g/mol. The number of allylic oxidation sites excluding steroid dienone is 2. The quantitative estimate of drug-likeness (QED) is 0.871. The van der Waals surface area contributed by atoms with Crippen molar-refractivity contribution in [2.45, 2.75) is 12.8 Å². The SMILES string of the molecule is ClC1=CC(c2c[nH]c3ncccc23)=CCN1CC1CCOCC1. The molecule has 4 nitrogen and oxygen atoms in total. The van der Waals surface area contributed by atoms with Crippen molar-refractivity contribution in [3.63, 3.8) is 0 Å². The van der Waals surface area contributed by atoms with E-state index in [0.717, 1.165) is 66.5 Å². The Labute approximate surface area is 140 Å². The summed E-state index contributed by atoms with van der Waals surface area (Å²) in [7, 11) is 0. The van der Waals surface area contributed by atoms with E-state index in [-0.39, 0.29) is 0 Å². The second kappa shape index (κ2) is 6.38. The van der Waals surface area contributed by atoms with E-state index in [1.807, 2.05) is 12.3 Å². The molecule has 0 aromatic carbocycles. The van der Waals surface area contributed by atoms with Crippen molar-refractivity contribution in [3.8, 4) is 0 Å². The first-order valence-electron chi connectivity index (χ1n) is 8.14. The lowest BCUT2D eigenvalue weighted by atomic mass is 9.98. The number of rotatable bonds is 3. The van der Waals surface area contributed by atoms with Crippen molar-refractivity contribution in [2.75, 3.05) is 26.3 Å². The van der Waals surface area contributed by atoms with Gasteiger partial charge >= 0.3 is 0 Å². The average molecular weight is 330 g/mol. The number of H-pyrrole nitrogens is 1. The molecule has 0 saturated carbocycles. The van der Waals surface area contributed by atoms with Gasteiger partial charge in [-0.05, 0) is 42.5 Å². The fourth-order valence-electron chi connectivity index (χ4n) is 3.36. The predicted molar refractivity (Wildman–Crippen MR) is 93.1 cm³/mol. The van der Waals surface area contributed by atoms with Gasteiger partial charge in [0, 0.05) is 49.6 Å². The standard InChI is InChI=1S/C18H20ClN3O/c19-17-10-14(16-11-21-18-15(16)2-1-6-20-18)3-7-22(17)12-13-4-8-23-9-5-13/h1-3,6,10-11,13H,4-5,7-9,12H2,(H,20,21). The van der Waals surface area contributed by atoms with Crippen molar-refractivity contribution < 1.29 is 4.74 Å². The van der Waals surface area contributed by atoms with Gasteiger partial charge in [-0.1, -0.05) is 17.7 Å². The van der Waals surface area contributed by atoms with E-state index < -0.39 is 0 Å². The van der Waals surface area contributed by atoms with Crippen LogP contribution < -0.4 is 0 Å². The minimum atomic E-state index is 0.679. The second-order valence-corrected chi connectivity index (χ2v) is 6.58. The normalized spacial score (nSPS) is 19.8. The molecule has 2 aliphatic rings. The van der Waals surface area contributed by atoms with E-state index in [2.05, 4.69) is 33.1 Å². The second-order valence-electron chi connectivity index (χ2n) is 6.19. The molecule has 0 radical (unpaired) electrons. The van der Waals surface area contributed by atoms with Crippen LogP contribution in [0, 0.1) is 5.92 Å². The summed E-state index contributed by atoms with van der Waals surface area (Å²) < 4.78 is 5.44. The summed E-state index contributed by atoms with van der Waals surface area (Å²) in [6.07, 6.45) is 10.4. The molecule has 5 heteroatoms. The summed E-state index contributed by atoms with van der Waals surface area (Å²) in [5.74, 6) is 0.679. The van der Waals surface area contributed by atoms with Gasteiger partial charge in [-0.3, -0.25) is 0 Å². The minimum absolute atomic E-state index is 0.679. The van der Waals surface area contributed by atoms with Crippen LogP contribution in [0.5, 0.6) is 0 Å². The van der Waals surface area contributed by atoms with Crippen LogP contribution in [0.15, 0.2) is 41.8 Å². The molecule has 0 spiro atoms. The summed E-state index contributed by atoms with van der Waals surface area (Å²) in [5, 5.41) is 1.96. The lowest BCUT2D eigenvalue weighted by Gasteiger charge is -2.32. The van der Waals surface area contributed by atoms with E-state index in [1.165, 1.54) is 0 Å². The number of halogens is 1. The molecule has 0 unspecified atom stereocenters. The number of fused-ring (bicyclic) bond motifs is 1. The maximum Gasteiger partial charge on any atom is 0.137 e. The lowest BCUT2D eigenvalue weighted by Crippen LogP contribution is -2.32. The molecule has 120 valence electrons. The van der Waals surface area contributed by atoms with Gasteiger partial charge in [0.1, 0.15) is 10.8 Å². The summed E-state index contributed by atoms with van der Waals surface area (Å²) in [4.78, 5) is 9.83. The summed E-state index contributed by atoms with van der Waals surface area (Å²) in [6, 6.07) is 4.05. The lowest BCUT2D eigenvalue weighted by molar-refractivity contribution is 0.0582. The Morgan fingerprint density at radius 1 is 1.35 bits per heavy atom. The Balaban J connectivity index is 1.52. The molecule has 0 atom stereocenters. The highest BCUT2D eigenvalue weighted by atomic mass is 35.5. The largest absolute Gasteiger partial charge is 0.381 e. The number of pyridine rings is 1. The van der Waals surface area contributed by atoms with Crippen LogP contribution in [0.25, 0.3) is 16.6 Å². The highest BCUT2D eigenvalue weighted by Gasteiger charge is 2.21. The van der Waals surface area contributed by atoms with E-state index in [1.54, 1.807) is 6.20 Å². The number of hydrogen-bond donors (Lipinski definition) is 1. The van der Waals surface area contributed by atoms with Gasteiger partial charge in [-0.25, -0.2) is 4.98 Å². The van der Waals surface area contributed by atoms with Crippen molar-refractivity contribution in [1.29, 1.82) is 0 Å². The first-order valence-corrected chi connectivity index (χ1v) is 8.51. The van der Waals surface area contributed by atoms with E-state index in [9.17, 15) is 0 Å². The van der Waals surface area contributed by atoms with Crippen LogP contribution >= 0.6 is 11.6 Å². The van der Waals surface area contributed by atoms with Gasteiger partial charge in [0.05, 0.1) is 0 Å². The molecule has 0 aliphatic carbocycles. The topological polar surface area (TPSA) is 41.2 Å². The summed E-state index contributed by atoms with van der Waals surface area (Å²) >= 11 is 6.55. The number of aromatic nitrogens is 2. The Morgan fingerprint density at radius 2 is 2.22 bits per heavy atom. The van der Waals surface area contributed by atoms with Gasteiger partial charge in [-0.15, -0.1) is 0 Å². The molecule has 0 amide bonds. The maximum absolute atomic E-state index is 6.55. The zero-order valence-corrected chi connectivity index (χ0v) is 13.7. The molecule has 4 heterocycles. The third-order valence-electron chi connectivity index (χ3n) is 4.69. The summed E-state index contributed by atoms with van der Waals surface area (Å²) in [6.45, 7) is 3.62. The predicted octanol–water partition coefficient (Wildman–Crippen LogP) is 3.77. The van der Waals surface area contributed by atoms with E-state index in [0.29, 0.717) is 5.92 Å². The van der Waals surface area contributed by atoms with E-state index in [4.69, 9.17) is 16.3 Å². The van der Waals surface area contributed by atoms with Crippen LogP contribution in [-0.4, -0.2) is 41.2 Å². The van der Waals surface area contributed by atoms with E-state index >= 15 is 0 Å². The van der Waals surface area contributed by atoms with Crippen molar-refractivity contribution >= 4 is 28.2 Å². The van der Waals surface area contributed by atoms with Gasteiger partial charge in [0.2, 0.25) is 0 Å². The third-order valence-corrected chi connectivity index (χ3v) is 5.04. The van der Waals surface area contributed by atoms with Gasteiger partial charge in [0.25, 0.3) is 0 Å². The molecule has 1 N–H and O–H groups in total.